The van der Waals surface area contributed by atoms with Crippen LogP contribution >= 0.6 is 12.2 Å². The lowest BCUT2D eigenvalue weighted by Crippen LogP contribution is -1.99. The SMILES string of the molecule is Cc1ccc(C(C)C)c(N[C]=S)c1. The summed E-state index contributed by atoms with van der Waals surface area (Å²) in [7, 11) is 0. The Bertz CT molecular complexity index is 305. The average molecular weight is 192 g/mol. The van der Waals surface area contributed by atoms with E-state index < -0.39 is 0 Å². The molecule has 0 spiro atoms. The lowest BCUT2D eigenvalue weighted by atomic mass is 9.99. The maximum atomic E-state index is 4.66. The van der Waals surface area contributed by atoms with Gasteiger partial charge >= 0.3 is 0 Å². The van der Waals surface area contributed by atoms with Crippen molar-refractivity contribution < 1.29 is 0 Å². The van der Waals surface area contributed by atoms with Crippen LogP contribution in [0.1, 0.15) is 30.9 Å². The molecule has 0 heterocycles. The molecule has 69 valence electrons. The largest absolute Gasteiger partial charge is 0.344 e. The van der Waals surface area contributed by atoms with E-state index in [-0.39, 0.29) is 0 Å². The maximum Gasteiger partial charge on any atom is 0.138 e. The van der Waals surface area contributed by atoms with Crippen molar-refractivity contribution in [2.24, 2.45) is 0 Å². The molecular formula is C11H14NS. The van der Waals surface area contributed by atoms with Crippen molar-refractivity contribution in [2.45, 2.75) is 26.7 Å². The first-order valence-electron chi connectivity index (χ1n) is 4.39. The molecule has 0 atom stereocenters. The fourth-order valence-electron chi connectivity index (χ4n) is 1.34. The van der Waals surface area contributed by atoms with E-state index >= 15 is 0 Å². The molecule has 0 bridgehead atoms. The summed E-state index contributed by atoms with van der Waals surface area (Å²) in [6.07, 6.45) is 0. The number of anilines is 1. The third kappa shape index (κ3) is 2.52. The summed E-state index contributed by atoms with van der Waals surface area (Å²) < 4.78 is 0. The minimum atomic E-state index is 0.506. The van der Waals surface area contributed by atoms with Crippen molar-refractivity contribution in [1.29, 1.82) is 0 Å². The summed E-state index contributed by atoms with van der Waals surface area (Å²) in [6, 6.07) is 6.34. The lowest BCUT2D eigenvalue weighted by Gasteiger charge is -2.12. The van der Waals surface area contributed by atoms with Crippen LogP contribution in [0.5, 0.6) is 0 Å². The predicted molar refractivity (Wildman–Crippen MR) is 61.5 cm³/mol. The predicted octanol–water partition coefficient (Wildman–Crippen LogP) is 3.36. The van der Waals surface area contributed by atoms with Gasteiger partial charge in [0.15, 0.2) is 0 Å². The fraction of sp³-hybridized carbons (Fsp3) is 0.364. The quantitative estimate of drug-likeness (QED) is 0.582. The molecule has 1 rings (SSSR count). The number of rotatable bonds is 3. The van der Waals surface area contributed by atoms with Crippen LogP contribution in [0.4, 0.5) is 5.69 Å². The van der Waals surface area contributed by atoms with E-state index in [1.165, 1.54) is 11.1 Å². The summed E-state index contributed by atoms with van der Waals surface area (Å²) in [4.78, 5) is 0. The van der Waals surface area contributed by atoms with E-state index in [4.69, 9.17) is 0 Å². The van der Waals surface area contributed by atoms with Crippen LogP contribution in [0.25, 0.3) is 0 Å². The summed E-state index contributed by atoms with van der Waals surface area (Å²) >= 11 is 4.66. The van der Waals surface area contributed by atoms with Gasteiger partial charge in [0.1, 0.15) is 5.49 Å². The Balaban J connectivity index is 3.10. The monoisotopic (exact) mass is 192 g/mol. The normalized spacial score (nSPS) is 10.2. The van der Waals surface area contributed by atoms with Crippen molar-refractivity contribution in [3.63, 3.8) is 0 Å². The Hall–Kier alpha value is -0.890. The average Bonchev–Trinajstić information content (AvgIpc) is 2.04. The highest BCUT2D eigenvalue weighted by molar-refractivity contribution is 7.79. The molecule has 1 nitrogen and oxygen atoms in total. The molecule has 0 aliphatic heterocycles. The molecule has 0 aliphatic carbocycles. The third-order valence-electron chi connectivity index (χ3n) is 2.02. The van der Waals surface area contributed by atoms with Gasteiger partial charge in [-0.2, -0.15) is 0 Å². The number of aryl methyl sites for hydroxylation is 1. The Labute approximate surface area is 85.2 Å². The van der Waals surface area contributed by atoms with E-state index in [1.54, 1.807) is 0 Å². The van der Waals surface area contributed by atoms with Gasteiger partial charge in [0.2, 0.25) is 0 Å². The van der Waals surface area contributed by atoms with Crippen molar-refractivity contribution >= 4 is 23.4 Å². The van der Waals surface area contributed by atoms with Gasteiger partial charge in [0.25, 0.3) is 0 Å². The van der Waals surface area contributed by atoms with Gasteiger partial charge in [-0.25, -0.2) is 0 Å². The molecule has 2 heteroatoms. The first kappa shape index (κ1) is 10.2. The van der Waals surface area contributed by atoms with Crippen molar-refractivity contribution in [3.8, 4) is 0 Å². The molecule has 1 aromatic carbocycles. The zero-order chi connectivity index (χ0) is 9.84. The van der Waals surface area contributed by atoms with E-state index in [9.17, 15) is 0 Å². The smallest absolute Gasteiger partial charge is 0.138 e. The molecular weight excluding hydrogens is 178 g/mol. The van der Waals surface area contributed by atoms with E-state index in [0.29, 0.717) is 5.92 Å². The van der Waals surface area contributed by atoms with Crippen LogP contribution in [0.15, 0.2) is 18.2 Å². The lowest BCUT2D eigenvalue weighted by molar-refractivity contribution is 0.869. The first-order chi connectivity index (χ1) is 6.15. The number of benzene rings is 1. The van der Waals surface area contributed by atoms with Gasteiger partial charge in [-0.15, -0.1) is 0 Å². The summed E-state index contributed by atoms with van der Waals surface area (Å²) in [5, 5.41) is 2.96. The Morgan fingerprint density at radius 3 is 2.62 bits per heavy atom. The third-order valence-corrected chi connectivity index (χ3v) is 2.12. The van der Waals surface area contributed by atoms with Gasteiger partial charge in [-0.05, 0) is 30.0 Å². The van der Waals surface area contributed by atoms with E-state index in [0.717, 1.165) is 5.69 Å². The molecule has 1 N–H and O–H groups in total. The highest BCUT2D eigenvalue weighted by Gasteiger charge is 2.05. The van der Waals surface area contributed by atoms with E-state index in [2.05, 4.69) is 62.0 Å². The number of hydrogen-bond acceptors (Lipinski definition) is 1. The van der Waals surface area contributed by atoms with Crippen LogP contribution in [-0.2, 0) is 0 Å². The van der Waals surface area contributed by atoms with Crippen molar-refractivity contribution in [1.82, 2.24) is 0 Å². The zero-order valence-electron chi connectivity index (χ0n) is 8.22. The van der Waals surface area contributed by atoms with Gasteiger partial charge < -0.3 is 5.32 Å². The minimum Gasteiger partial charge on any atom is -0.344 e. The molecule has 0 amide bonds. The number of thiocarbonyl (C=S) groups is 1. The van der Waals surface area contributed by atoms with Gasteiger partial charge in [-0.3, -0.25) is 0 Å². The fourth-order valence-corrected chi connectivity index (χ4v) is 1.45. The molecule has 0 saturated heterocycles. The molecule has 1 radical (unpaired) electrons. The summed E-state index contributed by atoms with van der Waals surface area (Å²) in [5.41, 5.74) is 6.13. The molecule has 0 unspecified atom stereocenters. The van der Waals surface area contributed by atoms with Crippen LogP contribution in [0.2, 0.25) is 0 Å². The molecule has 13 heavy (non-hydrogen) atoms. The maximum absolute atomic E-state index is 4.66. The Kier molecular flexibility index (Phi) is 3.43. The van der Waals surface area contributed by atoms with Gasteiger partial charge in [-0.1, -0.05) is 38.2 Å². The summed E-state index contributed by atoms with van der Waals surface area (Å²) in [6.45, 7) is 6.40. The van der Waals surface area contributed by atoms with Gasteiger partial charge in [0.05, 0.1) is 0 Å². The first-order valence-corrected chi connectivity index (χ1v) is 4.79. The number of hydrogen-bond donors (Lipinski definition) is 1. The standard InChI is InChI=1S/C11H14NS/c1-8(2)10-5-4-9(3)6-11(10)12-7-13/h4-6,8H,1-3H3,(H,12,13). The molecule has 0 aromatic heterocycles. The van der Waals surface area contributed by atoms with Crippen LogP contribution in [0.3, 0.4) is 0 Å². The van der Waals surface area contributed by atoms with Crippen molar-refractivity contribution in [2.75, 3.05) is 5.32 Å². The van der Waals surface area contributed by atoms with Crippen molar-refractivity contribution in [3.05, 3.63) is 29.3 Å². The minimum absolute atomic E-state index is 0.506. The van der Waals surface area contributed by atoms with Gasteiger partial charge in [0, 0.05) is 5.69 Å². The highest BCUT2D eigenvalue weighted by atomic mass is 32.1. The van der Waals surface area contributed by atoms with Crippen LogP contribution in [-0.4, -0.2) is 5.49 Å². The Morgan fingerprint density at radius 1 is 1.38 bits per heavy atom. The molecule has 0 saturated carbocycles. The van der Waals surface area contributed by atoms with Crippen LogP contribution < -0.4 is 5.32 Å². The molecule has 1 aromatic rings. The number of nitrogens with one attached hydrogen (secondary N) is 1. The Morgan fingerprint density at radius 2 is 2.08 bits per heavy atom. The summed E-state index contributed by atoms with van der Waals surface area (Å²) in [5.74, 6) is 0.506. The second-order valence-electron chi connectivity index (χ2n) is 3.47. The molecule has 0 aliphatic rings. The van der Waals surface area contributed by atoms with E-state index in [1.807, 2.05) is 0 Å². The van der Waals surface area contributed by atoms with Crippen LogP contribution in [0, 0.1) is 6.92 Å². The molecule has 0 fully saturated rings. The highest BCUT2D eigenvalue weighted by Crippen LogP contribution is 2.24. The zero-order valence-corrected chi connectivity index (χ0v) is 9.03. The second-order valence-corrected chi connectivity index (χ2v) is 3.68. The second kappa shape index (κ2) is 4.38. The topological polar surface area (TPSA) is 12.0 Å².